The van der Waals surface area contributed by atoms with Crippen molar-refractivity contribution in [1.82, 2.24) is 0 Å². The first-order valence-corrected chi connectivity index (χ1v) is 7.89. The van der Waals surface area contributed by atoms with Crippen molar-refractivity contribution in [2.45, 2.75) is 13.8 Å². The fraction of sp³-hybridized carbons (Fsp3) is 0.143. The van der Waals surface area contributed by atoms with E-state index in [-0.39, 0.29) is 5.57 Å². The van der Waals surface area contributed by atoms with Gasteiger partial charge in [0.15, 0.2) is 0 Å². The zero-order valence-corrected chi connectivity index (χ0v) is 14.4. The number of rotatable bonds is 6. The molecule has 2 rings (SSSR count). The molecule has 0 bridgehead atoms. The lowest BCUT2D eigenvalue weighted by molar-refractivity contribution is -0.112. The molecule has 0 radical (unpaired) electrons. The van der Waals surface area contributed by atoms with Gasteiger partial charge in [-0.25, -0.2) is 0 Å². The summed E-state index contributed by atoms with van der Waals surface area (Å²) in [7, 11) is 0. The van der Waals surface area contributed by atoms with Crippen LogP contribution >= 0.6 is 0 Å². The molecule has 4 heteroatoms. The molecule has 0 unspecified atom stereocenters. The lowest BCUT2D eigenvalue weighted by atomic mass is 10.1. The molecule has 0 aliphatic carbocycles. The predicted molar refractivity (Wildman–Crippen MR) is 100 cm³/mol. The minimum Gasteiger partial charge on any atom is -0.489 e. The molecule has 4 nitrogen and oxygen atoms in total. The molecule has 0 heterocycles. The Hall–Kier alpha value is -3.32. The van der Waals surface area contributed by atoms with Gasteiger partial charge in [0.25, 0.3) is 5.91 Å². The summed E-state index contributed by atoms with van der Waals surface area (Å²) in [5.41, 5.74) is 3.29. The van der Waals surface area contributed by atoms with E-state index in [9.17, 15) is 10.1 Å². The van der Waals surface area contributed by atoms with Crippen LogP contribution in [0.2, 0.25) is 0 Å². The fourth-order valence-electron chi connectivity index (χ4n) is 2.38. The summed E-state index contributed by atoms with van der Waals surface area (Å²) >= 11 is 0. The van der Waals surface area contributed by atoms with Gasteiger partial charge in [-0.1, -0.05) is 49.1 Å². The van der Waals surface area contributed by atoms with Crippen LogP contribution in [0.4, 0.5) is 5.69 Å². The molecular formula is C21H20N2O2. The average Bonchev–Trinajstić information content (AvgIpc) is 2.61. The largest absolute Gasteiger partial charge is 0.489 e. The lowest BCUT2D eigenvalue weighted by Crippen LogP contribution is -2.15. The lowest BCUT2D eigenvalue weighted by Gasteiger charge is -2.11. The molecule has 126 valence electrons. The maximum atomic E-state index is 12.5. The van der Waals surface area contributed by atoms with Gasteiger partial charge in [-0.2, -0.15) is 5.26 Å². The number of nitrogens with zero attached hydrogens (tertiary/aromatic N) is 1. The van der Waals surface area contributed by atoms with Crippen LogP contribution in [0, 0.1) is 25.2 Å². The maximum absolute atomic E-state index is 12.5. The smallest absolute Gasteiger partial charge is 0.266 e. The average molecular weight is 332 g/mol. The highest BCUT2D eigenvalue weighted by atomic mass is 16.5. The molecule has 0 aliphatic rings. The van der Waals surface area contributed by atoms with E-state index in [0.29, 0.717) is 17.9 Å². The molecule has 2 aromatic rings. The first kappa shape index (κ1) is 18.0. The molecule has 0 spiro atoms. The fourth-order valence-corrected chi connectivity index (χ4v) is 2.38. The van der Waals surface area contributed by atoms with Crippen LogP contribution < -0.4 is 10.1 Å². The van der Waals surface area contributed by atoms with E-state index in [1.165, 1.54) is 6.08 Å². The van der Waals surface area contributed by atoms with Gasteiger partial charge >= 0.3 is 0 Å². The quantitative estimate of drug-likeness (QED) is 0.484. The Balaban J connectivity index is 2.30. The summed E-state index contributed by atoms with van der Waals surface area (Å²) in [6, 6.07) is 15.0. The predicted octanol–water partition coefficient (Wildman–Crippen LogP) is 4.41. The van der Waals surface area contributed by atoms with Crippen LogP contribution in [-0.4, -0.2) is 12.5 Å². The van der Waals surface area contributed by atoms with Crippen LogP contribution in [0.3, 0.4) is 0 Å². The molecule has 1 N–H and O–H groups in total. The molecule has 0 saturated carbocycles. The van der Waals surface area contributed by atoms with Gasteiger partial charge in [0.2, 0.25) is 0 Å². The molecule has 2 aromatic carbocycles. The number of para-hydroxylation sites is 2. The van der Waals surface area contributed by atoms with Crippen molar-refractivity contribution in [2.24, 2.45) is 0 Å². The van der Waals surface area contributed by atoms with E-state index in [4.69, 9.17) is 4.74 Å². The second kappa shape index (κ2) is 8.51. The Kier molecular flexibility index (Phi) is 6.14. The number of aryl methyl sites for hydroxylation is 2. The molecule has 25 heavy (non-hydrogen) atoms. The molecule has 0 aliphatic heterocycles. The summed E-state index contributed by atoms with van der Waals surface area (Å²) in [6.07, 6.45) is 3.17. The van der Waals surface area contributed by atoms with Crippen molar-refractivity contribution in [2.75, 3.05) is 11.9 Å². The summed E-state index contributed by atoms with van der Waals surface area (Å²) in [6.45, 7) is 7.79. The number of amides is 1. The number of hydrogen-bond donors (Lipinski definition) is 1. The first-order valence-electron chi connectivity index (χ1n) is 7.89. The van der Waals surface area contributed by atoms with Crippen molar-refractivity contribution in [1.29, 1.82) is 5.26 Å². The third-order valence-corrected chi connectivity index (χ3v) is 3.66. The monoisotopic (exact) mass is 332 g/mol. The highest BCUT2D eigenvalue weighted by Crippen LogP contribution is 2.23. The van der Waals surface area contributed by atoms with Gasteiger partial charge in [0.1, 0.15) is 24.0 Å². The molecule has 0 saturated heterocycles. The highest BCUT2D eigenvalue weighted by Gasteiger charge is 2.13. The van der Waals surface area contributed by atoms with Crippen molar-refractivity contribution in [3.8, 4) is 11.8 Å². The van der Waals surface area contributed by atoms with Crippen molar-refractivity contribution < 1.29 is 9.53 Å². The number of carbonyl (C=O) groups is 1. The third-order valence-electron chi connectivity index (χ3n) is 3.66. The van der Waals surface area contributed by atoms with E-state index in [2.05, 4.69) is 11.9 Å². The zero-order chi connectivity index (χ0) is 18.2. The van der Waals surface area contributed by atoms with Crippen LogP contribution in [-0.2, 0) is 4.79 Å². The Bertz CT molecular complexity index is 840. The van der Waals surface area contributed by atoms with Crippen molar-refractivity contribution in [3.05, 3.63) is 77.4 Å². The normalized spacial score (nSPS) is 10.7. The molecule has 0 aromatic heterocycles. The topological polar surface area (TPSA) is 62.1 Å². The second-order valence-electron chi connectivity index (χ2n) is 5.53. The number of benzene rings is 2. The van der Waals surface area contributed by atoms with Gasteiger partial charge < -0.3 is 10.1 Å². The highest BCUT2D eigenvalue weighted by molar-refractivity contribution is 6.10. The van der Waals surface area contributed by atoms with Gasteiger partial charge in [-0.15, -0.1) is 0 Å². The number of nitrogens with one attached hydrogen (secondary N) is 1. The maximum Gasteiger partial charge on any atom is 0.266 e. The molecule has 0 fully saturated rings. The van der Waals surface area contributed by atoms with Gasteiger partial charge in [-0.05, 0) is 37.1 Å². The van der Waals surface area contributed by atoms with Crippen molar-refractivity contribution >= 4 is 17.7 Å². The summed E-state index contributed by atoms with van der Waals surface area (Å²) in [4.78, 5) is 12.5. The first-order chi connectivity index (χ1) is 12.1. The van der Waals surface area contributed by atoms with Gasteiger partial charge in [0.05, 0.1) is 0 Å². The van der Waals surface area contributed by atoms with E-state index in [1.807, 2.05) is 50.2 Å². The van der Waals surface area contributed by atoms with Gasteiger partial charge in [-0.3, -0.25) is 4.79 Å². The summed E-state index contributed by atoms with van der Waals surface area (Å²) in [5.74, 6) is 0.147. The standard InChI is InChI=1S/C21H20N2O2/c1-4-12-25-19-11-6-5-10-17(19)13-18(14-22)21(24)23-20-15(2)8-7-9-16(20)3/h4-11,13H,1,12H2,2-3H3,(H,23,24)/b18-13+. The van der Waals surface area contributed by atoms with Crippen molar-refractivity contribution in [3.63, 3.8) is 0 Å². The minimum atomic E-state index is -0.446. The summed E-state index contributed by atoms with van der Waals surface area (Å²) in [5, 5.41) is 12.2. The minimum absolute atomic E-state index is 0.0114. The van der Waals surface area contributed by atoms with E-state index < -0.39 is 5.91 Å². The number of nitriles is 1. The van der Waals surface area contributed by atoms with Crippen LogP contribution in [0.15, 0.2) is 60.7 Å². The SMILES string of the molecule is C=CCOc1ccccc1/C=C(\C#N)C(=O)Nc1c(C)cccc1C. The number of carbonyl (C=O) groups excluding carboxylic acids is 1. The molecule has 1 amide bonds. The Labute approximate surface area is 148 Å². The van der Waals surface area contributed by atoms with E-state index in [0.717, 1.165) is 16.8 Å². The Morgan fingerprint density at radius 1 is 1.20 bits per heavy atom. The molecular weight excluding hydrogens is 312 g/mol. The number of anilines is 1. The number of ether oxygens (including phenoxy) is 1. The van der Waals surface area contributed by atoms with Crippen LogP contribution in [0.5, 0.6) is 5.75 Å². The van der Waals surface area contributed by atoms with E-state index >= 15 is 0 Å². The number of hydrogen-bond acceptors (Lipinski definition) is 3. The Morgan fingerprint density at radius 3 is 2.52 bits per heavy atom. The third kappa shape index (κ3) is 4.58. The van der Waals surface area contributed by atoms with Crippen LogP contribution in [0.25, 0.3) is 6.08 Å². The second-order valence-corrected chi connectivity index (χ2v) is 5.53. The summed E-state index contributed by atoms with van der Waals surface area (Å²) < 4.78 is 5.56. The van der Waals surface area contributed by atoms with Crippen LogP contribution in [0.1, 0.15) is 16.7 Å². The van der Waals surface area contributed by atoms with E-state index in [1.54, 1.807) is 18.2 Å². The Morgan fingerprint density at radius 2 is 1.88 bits per heavy atom. The zero-order valence-electron chi connectivity index (χ0n) is 14.4. The van der Waals surface area contributed by atoms with Gasteiger partial charge in [0, 0.05) is 11.3 Å². The molecule has 0 atom stereocenters.